The Morgan fingerprint density at radius 3 is 2.19 bits per heavy atom. The van der Waals surface area contributed by atoms with E-state index in [1.165, 1.54) is 32.7 Å². The minimum atomic E-state index is -4.15. The molecule has 1 saturated carbocycles. The molecule has 1 aliphatic heterocycles. The van der Waals surface area contributed by atoms with Crippen molar-refractivity contribution in [2.24, 2.45) is 13.0 Å². The first-order valence-electron chi connectivity index (χ1n) is 22.5. The first kappa shape index (κ1) is 46.8. The molecule has 6 aromatic rings. The molecule has 4 heterocycles. The van der Waals surface area contributed by atoms with Crippen molar-refractivity contribution < 1.29 is 32.2 Å². The van der Waals surface area contributed by atoms with E-state index in [0.29, 0.717) is 57.7 Å². The summed E-state index contributed by atoms with van der Waals surface area (Å²) < 4.78 is 49.5. The molecule has 1 saturated heterocycles. The number of carbonyl (C=O) groups is 2. The van der Waals surface area contributed by atoms with Gasteiger partial charge >= 0.3 is 12.2 Å². The van der Waals surface area contributed by atoms with E-state index in [1.54, 1.807) is 66.3 Å². The standard InChI is InChI=1S/C51H57N7O8S/c1-9-35-23-26-57(27-24-35)47-52-43-22-17-36(42-32-56(8)46(59)44-40(42)25-28-58(44)67(62,63)39-20-15-34(2)16-21-39)31-41(43)45(53-47)51(65-38-18-19-38,37-13-11-10-12-14-37)33-64-48(60)54(6)29-30-55(7)49(61)66-50(3,4)5/h1,10-17,20-22,25,28,31-32,35,38H,18-19,23-24,26-27,29-30,33H2,2-8H3. The minimum Gasteiger partial charge on any atom is -0.446 e. The number of aryl methyl sites for hydroxylation is 2. The molecule has 0 bridgehead atoms. The normalized spacial score (nSPS) is 15.5. The molecular weight excluding hydrogens is 871 g/mol. The monoisotopic (exact) mass is 927 g/mol. The summed E-state index contributed by atoms with van der Waals surface area (Å²) in [5.74, 6) is 3.51. The summed E-state index contributed by atoms with van der Waals surface area (Å²) in [7, 11) is 0.663. The average Bonchev–Trinajstić information content (AvgIpc) is 4.02. The molecule has 0 spiro atoms. The van der Waals surface area contributed by atoms with Gasteiger partial charge in [0, 0.05) is 82.0 Å². The third-order valence-corrected chi connectivity index (χ3v) is 14.0. The van der Waals surface area contributed by atoms with Crippen molar-refractivity contribution in [3.8, 4) is 23.5 Å². The van der Waals surface area contributed by atoms with Gasteiger partial charge in [-0.2, -0.15) is 0 Å². The van der Waals surface area contributed by atoms with E-state index in [2.05, 4.69) is 10.8 Å². The minimum absolute atomic E-state index is 0.00637. The van der Waals surface area contributed by atoms with Gasteiger partial charge in [-0.1, -0.05) is 54.1 Å². The van der Waals surface area contributed by atoms with E-state index in [-0.39, 0.29) is 42.1 Å². The van der Waals surface area contributed by atoms with Gasteiger partial charge in [0.15, 0.2) is 5.60 Å². The quantitative estimate of drug-likeness (QED) is 0.105. The SMILES string of the molecule is C#CC1CCN(c2nc(C(COC(=O)N(C)CCN(C)C(=O)OC(C)(C)C)(OC3CC3)c3ccccc3)c3cc(-c4cn(C)c(=O)c5c4ccn5S(=O)(=O)c4ccc(C)cc4)ccc3n2)CC1. The second-order valence-electron chi connectivity index (χ2n) is 18.6. The van der Waals surface area contributed by atoms with Crippen LogP contribution in [0.15, 0.2) is 101 Å². The Bertz CT molecular complexity index is 3040. The summed E-state index contributed by atoms with van der Waals surface area (Å²) in [6, 6.07) is 23.4. The molecular formula is C51H57N7O8S. The lowest BCUT2D eigenvalue weighted by Gasteiger charge is -2.36. The number of anilines is 1. The van der Waals surface area contributed by atoms with Crippen LogP contribution in [0.1, 0.15) is 63.3 Å². The van der Waals surface area contributed by atoms with E-state index >= 15 is 0 Å². The number of hydrogen-bond donors (Lipinski definition) is 0. The maximum Gasteiger partial charge on any atom is 0.410 e. The Balaban J connectivity index is 1.26. The molecule has 2 fully saturated rings. The lowest BCUT2D eigenvalue weighted by atomic mass is 9.87. The predicted molar refractivity (Wildman–Crippen MR) is 257 cm³/mol. The number of amides is 2. The molecule has 3 aromatic carbocycles. The molecule has 15 nitrogen and oxygen atoms in total. The highest BCUT2D eigenvalue weighted by molar-refractivity contribution is 7.90. The van der Waals surface area contributed by atoms with Crippen molar-refractivity contribution in [1.82, 2.24) is 28.3 Å². The van der Waals surface area contributed by atoms with Crippen molar-refractivity contribution in [2.45, 2.75) is 75.6 Å². The highest BCUT2D eigenvalue weighted by atomic mass is 32.2. The van der Waals surface area contributed by atoms with E-state index < -0.39 is 39.0 Å². The molecule has 8 rings (SSSR count). The second-order valence-corrected chi connectivity index (χ2v) is 20.4. The summed E-state index contributed by atoms with van der Waals surface area (Å²) >= 11 is 0. The molecule has 350 valence electrons. The van der Waals surface area contributed by atoms with Gasteiger partial charge in [0.25, 0.3) is 15.6 Å². The molecule has 3 aromatic heterocycles. The molecule has 0 radical (unpaired) electrons. The first-order valence-corrected chi connectivity index (χ1v) is 23.9. The smallest absolute Gasteiger partial charge is 0.410 e. The van der Waals surface area contributed by atoms with Gasteiger partial charge in [0.2, 0.25) is 5.95 Å². The Kier molecular flexibility index (Phi) is 12.9. The molecule has 1 atom stereocenters. The summed E-state index contributed by atoms with van der Waals surface area (Å²) in [5.41, 5.74) is 1.31. The van der Waals surface area contributed by atoms with Crippen LogP contribution in [0.3, 0.4) is 0 Å². The molecule has 16 heteroatoms. The van der Waals surface area contributed by atoms with E-state index in [0.717, 1.165) is 35.2 Å². The number of pyridine rings is 1. The van der Waals surface area contributed by atoms with Crippen LogP contribution in [0.2, 0.25) is 0 Å². The number of fused-ring (bicyclic) bond motifs is 2. The second kappa shape index (κ2) is 18.5. The maximum absolute atomic E-state index is 14.1. The zero-order valence-electron chi connectivity index (χ0n) is 39.1. The zero-order chi connectivity index (χ0) is 47.8. The number of nitrogens with zero attached hydrogens (tertiary/aromatic N) is 7. The van der Waals surface area contributed by atoms with Crippen LogP contribution >= 0.6 is 0 Å². The number of aromatic nitrogens is 4. The lowest BCUT2D eigenvalue weighted by Crippen LogP contribution is -2.43. The van der Waals surface area contributed by atoms with Gasteiger partial charge in [0.05, 0.1) is 22.2 Å². The highest BCUT2D eigenvalue weighted by Gasteiger charge is 2.46. The number of benzene rings is 3. The van der Waals surface area contributed by atoms with E-state index in [4.69, 9.17) is 30.6 Å². The van der Waals surface area contributed by atoms with Crippen LogP contribution in [0.5, 0.6) is 0 Å². The van der Waals surface area contributed by atoms with Crippen molar-refractivity contribution in [3.63, 3.8) is 0 Å². The molecule has 0 N–H and O–H groups in total. The average molecular weight is 928 g/mol. The molecule has 67 heavy (non-hydrogen) atoms. The van der Waals surface area contributed by atoms with Crippen LogP contribution in [0, 0.1) is 25.2 Å². The van der Waals surface area contributed by atoms with Crippen LogP contribution in [0.25, 0.3) is 32.9 Å². The van der Waals surface area contributed by atoms with Crippen molar-refractivity contribution in [1.29, 1.82) is 0 Å². The molecule has 2 aliphatic rings. The fraction of sp³-hybridized carbons (Fsp3) is 0.392. The Labute approximate surface area is 391 Å². The maximum atomic E-state index is 14.1. The Morgan fingerprint density at radius 2 is 1.55 bits per heavy atom. The summed E-state index contributed by atoms with van der Waals surface area (Å²) in [4.78, 5) is 56.1. The van der Waals surface area contributed by atoms with Crippen LogP contribution < -0.4 is 10.5 Å². The highest BCUT2D eigenvalue weighted by Crippen LogP contribution is 2.44. The topological polar surface area (TPSA) is 158 Å². The fourth-order valence-corrected chi connectivity index (χ4v) is 9.63. The first-order chi connectivity index (χ1) is 31.9. The number of piperidine rings is 1. The molecule has 1 unspecified atom stereocenters. The van der Waals surface area contributed by atoms with Crippen molar-refractivity contribution in [3.05, 3.63) is 118 Å². The van der Waals surface area contributed by atoms with Gasteiger partial charge < -0.3 is 33.5 Å². The summed E-state index contributed by atoms with van der Waals surface area (Å²) in [6.07, 6.45) is 10.8. The fourth-order valence-electron chi connectivity index (χ4n) is 8.28. The number of ether oxygens (including phenoxy) is 3. The van der Waals surface area contributed by atoms with Crippen molar-refractivity contribution >= 4 is 50.0 Å². The Hall–Kier alpha value is -6.70. The van der Waals surface area contributed by atoms with Gasteiger partial charge in [0.1, 0.15) is 17.7 Å². The van der Waals surface area contributed by atoms with Crippen LogP contribution in [-0.4, -0.2) is 107 Å². The third kappa shape index (κ3) is 9.75. The van der Waals surface area contributed by atoms with Crippen molar-refractivity contribution in [2.75, 3.05) is 51.8 Å². The third-order valence-electron chi connectivity index (χ3n) is 12.3. The van der Waals surface area contributed by atoms with Crippen LogP contribution in [-0.2, 0) is 36.9 Å². The lowest BCUT2D eigenvalue weighted by molar-refractivity contribution is -0.0735. The number of likely N-dealkylation sites (N-methyl/N-ethyl adjacent to an activating group) is 2. The molecule has 2 amide bonds. The largest absolute Gasteiger partial charge is 0.446 e. The predicted octanol–water partition coefficient (Wildman–Crippen LogP) is 7.70. The number of terminal acetylenes is 1. The molecule has 1 aliphatic carbocycles. The number of hydrogen-bond acceptors (Lipinski definition) is 11. The van der Waals surface area contributed by atoms with E-state index in [9.17, 15) is 22.8 Å². The number of rotatable bonds is 13. The summed E-state index contributed by atoms with van der Waals surface area (Å²) in [5, 5.41) is 1.04. The summed E-state index contributed by atoms with van der Waals surface area (Å²) in [6.45, 7) is 8.61. The van der Waals surface area contributed by atoms with Gasteiger partial charge in [-0.25, -0.2) is 31.9 Å². The zero-order valence-corrected chi connectivity index (χ0v) is 39.9. The van der Waals surface area contributed by atoms with Gasteiger partial charge in [-0.3, -0.25) is 4.79 Å². The van der Waals surface area contributed by atoms with E-state index in [1.807, 2.05) is 55.5 Å². The number of carbonyl (C=O) groups excluding carboxylic acids is 2. The van der Waals surface area contributed by atoms with Gasteiger partial charge in [-0.05, 0) is 94.8 Å². The van der Waals surface area contributed by atoms with Gasteiger partial charge in [-0.15, -0.1) is 12.3 Å². The van der Waals surface area contributed by atoms with Crippen LogP contribution in [0.4, 0.5) is 15.5 Å². The Morgan fingerprint density at radius 1 is 0.881 bits per heavy atom.